The van der Waals surface area contributed by atoms with E-state index in [1.54, 1.807) is 0 Å². The second-order valence-electron chi connectivity index (χ2n) is 4.86. The van der Waals surface area contributed by atoms with Gasteiger partial charge in [0.25, 0.3) is 0 Å². The highest BCUT2D eigenvalue weighted by Gasteiger charge is 2.14. The van der Waals surface area contributed by atoms with E-state index in [9.17, 15) is 4.79 Å². The second-order valence-corrected chi connectivity index (χ2v) is 6.38. The Kier molecular flexibility index (Phi) is 7.05. The van der Waals surface area contributed by atoms with Crippen molar-refractivity contribution in [3.05, 3.63) is 23.8 Å². The van der Waals surface area contributed by atoms with E-state index in [2.05, 4.69) is 25.2 Å². The van der Waals surface area contributed by atoms with Crippen LogP contribution >= 0.6 is 11.8 Å². The maximum Gasteiger partial charge on any atom is 0.243 e. The van der Waals surface area contributed by atoms with Gasteiger partial charge >= 0.3 is 0 Å². The molecule has 0 aromatic heterocycles. The standard InChI is InChI=1S/C15H24N2O2S/c1-5-11(3)20-12-6-7-14(10(2)8-12)17-15(18)13(16)9-19-4/h6-8,11,13H,5,9,16H2,1-4H3,(H,17,18). The summed E-state index contributed by atoms with van der Waals surface area (Å²) in [4.78, 5) is 13.1. The van der Waals surface area contributed by atoms with E-state index in [1.165, 1.54) is 12.0 Å². The molecule has 1 aromatic carbocycles. The summed E-state index contributed by atoms with van der Waals surface area (Å²) in [5.41, 5.74) is 7.54. The molecule has 0 radical (unpaired) electrons. The number of nitrogens with two attached hydrogens (primary N) is 1. The van der Waals surface area contributed by atoms with Crippen molar-refractivity contribution in [1.82, 2.24) is 0 Å². The van der Waals surface area contributed by atoms with Crippen LogP contribution in [0.3, 0.4) is 0 Å². The summed E-state index contributed by atoms with van der Waals surface area (Å²) in [6.07, 6.45) is 1.13. The molecule has 0 spiro atoms. The fourth-order valence-corrected chi connectivity index (χ4v) is 2.67. The maximum atomic E-state index is 11.8. The van der Waals surface area contributed by atoms with Crippen molar-refractivity contribution in [3.8, 4) is 0 Å². The summed E-state index contributed by atoms with van der Waals surface area (Å²) in [5, 5.41) is 3.42. The fraction of sp³-hybridized carbons (Fsp3) is 0.533. The third-order valence-electron chi connectivity index (χ3n) is 3.05. The molecule has 0 bridgehead atoms. The molecule has 0 aliphatic heterocycles. The molecule has 0 saturated heterocycles. The Balaban J connectivity index is 2.71. The molecule has 0 aliphatic rings. The molecule has 4 nitrogen and oxygen atoms in total. The highest BCUT2D eigenvalue weighted by Crippen LogP contribution is 2.28. The number of anilines is 1. The molecule has 0 fully saturated rings. The first kappa shape index (κ1) is 17.0. The van der Waals surface area contributed by atoms with Gasteiger partial charge in [-0.2, -0.15) is 0 Å². The number of aryl methyl sites for hydroxylation is 1. The maximum absolute atomic E-state index is 11.8. The molecule has 2 unspecified atom stereocenters. The van der Waals surface area contributed by atoms with Gasteiger partial charge in [0, 0.05) is 22.9 Å². The van der Waals surface area contributed by atoms with Gasteiger partial charge in [0.1, 0.15) is 6.04 Å². The predicted octanol–water partition coefficient (Wildman–Crippen LogP) is 2.80. The number of hydrogen-bond acceptors (Lipinski definition) is 4. The average molecular weight is 296 g/mol. The van der Waals surface area contributed by atoms with Crippen LogP contribution in [0.1, 0.15) is 25.8 Å². The minimum atomic E-state index is -0.645. The first-order chi connectivity index (χ1) is 9.47. The number of carbonyl (C=O) groups is 1. The van der Waals surface area contributed by atoms with Crippen molar-refractivity contribution in [2.45, 2.75) is 43.4 Å². The van der Waals surface area contributed by atoms with Crippen molar-refractivity contribution in [2.75, 3.05) is 19.0 Å². The van der Waals surface area contributed by atoms with Gasteiger partial charge in [-0.25, -0.2) is 0 Å². The van der Waals surface area contributed by atoms with Gasteiger partial charge in [0.2, 0.25) is 5.91 Å². The minimum Gasteiger partial charge on any atom is -0.383 e. The number of methoxy groups -OCH3 is 1. The van der Waals surface area contributed by atoms with E-state index < -0.39 is 6.04 Å². The van der Waals surface area contributed by atoms with Gasteiger partial charge in [-0.1, -0.05) is 13.8 Å². The van der Waals surface area contributed by atoms with Gasteiger partial charge in [-0.05, 0) is 37.1 Å². The number of nitrogens with one attached hydrogen (secondary N) is 1. The monoisotopic (exact) mass is 296 g/mol. The average Bonchev–Trinajstić information content (AvgIpc) is 2.41. The Labute approximate surface area is 125 Å². The van der Waals surface area contributed by atoms with E-state index in [0.29, 0.717) is 5.25 Å². The number of thioether (sulfide) groups is 1. The van der Waals surface area contributed by atoms with E-state index in [-0.39, 0.29) is 12.5 Å². The minimum absolute atomic E-state index is 0.215. The Morgan fingerprint density at radius 1 is 1.50 bits per heavy atom. The first-order valence-electron chi connectivity index (χ1n) is 6.80. The number of rotatable bonds is 7. The summed E-state index contributed by atoms with van der Waals surface area (Å²) in [5.74, 6) is -0.225. The molecular weight excluding hydrogens is 272 g/mol. The Bertz CT molecular complexity index is 451. The predicted molar refractivity (Wildman–Crippen MR) is 85.3 cm³/mol. The summed E-state index contributed by atoms with van der Waals surface area (Å²) in [6, 6.07) is 5.40. The summed E-state index contributed by atoms with van der Waals surface area (Å²) >= 11 is 1.84. The van der Waals surface area contributed by atoms with Crippen LogP contribution in [0.25, 0.3) is 0 Å². The SMILES string of the molecule is CCC(C)Sc1ccc(NC(=O)C(N)COC)c(C)c1. The van der Waals surface area contributed by atoms with Crippen LogP contribution in [0, 0.1) is 6.92 Å². The lowest BCUT2D eigenvalue weighted by atomic mass is 10.2. The lowest BCUT2D eigenvalue weighted by Gasteiger charge is -2.14. The van der Waals surface area contributed by atoms with Gasteiger partial charge in [-0.3, -0.25) is 4.79 Å². The van der Waals surface area contributed by atoms with Crippen LogP contribution in [0.5, 0.6) is 0 Å². The molecule has 0 aliphatic carbocycles. The van der Waals surface area contributed by atoms with Gasteiger partial charge in [0.15, 0.2) is 0 Å². The molecule has 1 aromatic rings. The zero-order chi connectivity index (χ0) is 15.1. The van der Waals surface area contributed by atoms with Crippen LogP contribution < -0.4 is 11.1 Å². The molecular formula is C15H24N2O2S. The van der Waals surface area contributed by atoms with Crippen molar-refractivity contribution in [2.24, 2.45) is 5.73 Å². The molecule has 2 atom stereocenters. The number of carbonyl (C=O) groups excluding carboxylic acids is 1. The molecule has 20 heavy (non-hydrogen) atoms. The third kappa shape index (κ3) is 5.15. The topological polar surface area (TPSA) is 64.4 Å². The number of amides is 1. The highest BCUT2D eigenvalue weighted by molar-refractivity contribution is 7.99. The molecule has 3 N–H and O–H groups in total. The number of benzene rings is 1. The normalized spacial score (nSPS) is 13.8. The van der Waals surface area contributed by atoms with E-state index >= 15 is 0 Å². The van der Waals surface area contributed by atoms with Crippen LogP contribution in [0.4, 0.5) is 5.69 Å². The Hall–Kier alpha value is -1.04. The second kappa shape index (κ2) is 8.29. The van der Waals surface area contributed by atoms with E-state index in [0.717, 1.165) is 17.7 Å². The van der Waals surface area contributed by atoms with E-state index in [4.69, 9.17) is 10.5 Å². The molecule has 1 rings (SSSR count). The van der Waals surface area contributed by atoms with Gasteiger partial charge in [0.05, 0.1) is 6.61 Å². The van der Waals surface area contributed by atoms with Gasteiger partial charge in [-0.15, -0.1) is 11.8 Å². The zero-order valence-corrected chi connectivity index (χ0v) is 13.4. The Morgan fingerprint density at radius 2 is 2.20 bits per heavy atom. The number of hydrogen-bond donors (Lipinski definition) is 2. The zero-order valence-electron chi connectivity index (χ0n) is 12.6. The Morgan fingerprint density at radius 3 is 2.75 bits per heavy atom. The first-order valence-corrected chi connectivity index (χ1v) is 7.68. The van der Waals surface area contributed by atoms with Crippen LogP contribution in [-0.4, -0.2) is 30.9 Å². The summed E-state index contributed by atoms with van der Waals surface area (Å²) < 4.78 is 4.88. The summed E-state index contributed by atoms with van der Waals surface area (Å²) in [6.45, 7) is 6.58. The summed E-state index contributed by atoms with van der Waals surface area (Å²) in [7, 11) is 1.53. The van der Waals surface area contributed by atoms with Crippen molar-refractivity contribution < 1.29 is 9.53 Å². The quantitative estimate of drug-likeness (QED) is 0.759. The third-order valence-corrected chi connectivity index (χ3v) is 4.31. The molecule has 112 valence electrons. The lowest BCUT2D eigenvalue weighted by molar-refractivity contribution is -0.118. The lowest BCUT2D eigenvalue weighted by Crippen LogP contribution is -2.39. The van der Waals surface area contributed by atoms with Crippen molar-refractivity contribution in [1.29, 1.82) is 0 Å². The van der Waals surface area contributed by atoms with Crippen molar-refractivity contribution in [3.63, 3.8) is 0 Å². The fourth-order valence-electron chi connectivity index (χ4n) is 1.65. The molecule has 1 amide bonds. The highest BCUT2D eigenvalue weighted by atomic mass is 32.2. The largest absolute Gasteiger partial charge is 0.383 e. The van der Waals surface area contributed by atoms with Crippen molar-refractivity contribution >= 4 is 23.4 Å². The number of ether oxygens (including phenoxy) is 1. The molecule has 0 saturated carbocycles. The van der Waals surface area contributed by atoms with Crippen LogP contribution in [0.15, 0.2) is 23.1 Å². The van der Waals surface area contributed by atoms with E-state index in [1.807, 2.05) is 30.8 Å². The molecule has 0 heterocycles. The smallest absolute Gasteiger partial charge is 0.243 e. The molecule has 5 heteroatoms. The van der Waals surface area contributed by atoms with Crippen LogP contribution in [-0.2, 0) is 9.53 Å². The van der Waals surface area contributed by atoms with Gasteiger partial charge < -0.3 is 15.8 Å². The van der Waals surface area contributed by atoms with Crippen LogP contribution in [0.2, 0.25) is 0 Å².